The molecular weight excluding hydrogens is 432 g/mol. The lowest BCUT2D eigenvalue weighted by Crippen LogP contribution is -2.30. The van der Waals surface area contributed by atoms with Gasteiger partial charge in [0.05, 0.1) is 24.0 Å². The molecule has 1 aliphatic rings. The summed E-state index contributed by atoms with van der Waals surface area (Å²) in [6.45, 7) is 7.17. The minimum atomic E-state index is -0.611. The van der Waals surface area contributed by atoms with E-state index >= 15 is 0 Å². The molecular formula is C28H31NO5. The van der Waals surface area contributed by atoms with Gasteiger partial charge in [0.2, 0.25) is 0 Å². The first-order valence-electron chi connectivity index (χ1n) is 11.7. The average molecular weight is 464 g/mol. The summed E-state index contributed by atoms with van der Waals surface area (Å²) in [5, 5.41) is 0. The molecule has 0 bridgehead atoms. The number of hydrogen-bond acceptors (Lipinski definition) is 6. The Balaban J connectivity index is 1.37. The second kappa shape index (κ2) is 11.1. The van der Waals surface area contributed by atoms with E-state index in [1.165, 1.54) is 0 Å². The highest BCUT2D eigenvalue weighted by Gasteiger charge is 2.24. The van der Waals surface area contributed by atoms with Crippen molar-refractivity contribution in [3.8, 4) is 17.2 Å². The van der Waals surface area contributed by atoms with Gasteiger partial charge in [-0.25, -0.2) is 4.79 Å². The number of rotatable bonds is 10. The van der Waals surface area contributed by atoms with Crippen molar-refractivity contribution in [3.05, 3.63) is 78.4 Å². The van der Waals surface area contributed by atoms with E-state index in [-0.39, 0.29) is 12.1 Å². The SMILES string of the molecule is CCO[C@@H](Cc1ccc(OC[14CH2]N2c3ccccc3Oc3ccccc32)cc1)C(=O)OC(C)C. The quantitative estimate of drug-likeness (QED) is 0.349. The smallest absolute Gasteiger partial charge is 0.335 e. The maximum Gasteiger partial charge on any atom is 0.335 e. The van der Waals surface area contributed by atoms with Crippen molar-refractivity contribution in [2.24, 2.45) is 0 Å². The summed E-state index contributed by atoms with van der Waals surface area (Å²) in [6.07, 6.45) is -0.321. The summed E-state index contributed by atoms with van der Waals surface area (Å²) < 4.78 is 23.0. The highest BCUT2D eigenvalue weighted by molar-refractivity contribution is 5.77. The van der Waals surface area contributed by atoms with Crippen LogP contribution in [0.25, 0.3) is 0 Å². The second-order valence-electron chi connectivity index (χ2n) is 8.32. The Kier molecular flexibility index (Phi) is 7.70. The zero-order chi connectivity index (χ0) is 23.9. The third-order valence-electron chi connectivity index (χ3n) is 5.44. The molecule has 178 valence electrons. The van der Waals surface area contributed by atoms with Crippen LogP contribution in [0.4, 0.5) is 11.4 Å². The Bertz CT molecular complexity index is 1050. The molecule has 0 unspecified atom stereocenters. The second-order valence-corrected chi connectivity index (χ2v) is 8.32. The minimum absolute atomic E-state index is 0.170. The van der Waals surface area contributed by atoms with Crippen LogP contribution in [-0.2, 0) is 20.7 Å². The van der Waals surface area contributed by atoms with Crippen molar-refractivity contribution >= 4 is 17.3 Å². The number of esters is 1. The van der Waals surface area contributed by atoms with E-state index in [2.05, 4.69) is 17.0 Å². The summed E-state index contributed by atoms with van der Waals surface area (Å²) in [7, 11) is 0. The van der Waals surface area contributed by atoms with Crippen LogP contribution in [0.2, 0.25) is 0 Å². The van der Waals surface area contributed by atoms with Crippen molar-refractivity contribution in [1.82, 2.24) is 0 Å². The van der Waals surface area contributed by atoms with Gasteiger partial charge in [-0.3, -0.25) is 0 Å². The number of carbonyl (C=O) groups is 1. The van der Waals surface area contributed by atoms with E-state index in [1.807, 2.05) is 81.4 Å². The molecule has 1 atom stereocenters. The predicted molar refractivity (Wildman–Crippen MR) is 132 cm³/mol. The number of ether oxygens (including phenoxy) is 4. The van der Waals surface area contributed by atoms with E-state index in [0.717, 1.165) is 34.2 Å². The van der Waals surface area contributed by atoms with Crippen LogP contribution in [0.15, 0.2) is 72.8 Å². The Morgan fingerprint density at radius 2 is 1.56 bits per heavy atom. The summed E-state index contributed by atoms with van der Waals surface area (Å²) in [5.74, 6) is 2.12. The standard InChI is InChI=1S/C28H31NO5/c1-4-31-27(28(30)33-20(2)3)19-21-13-15-22(16-14-21)32-18-17-29-23-9-5-7-11-25(23)34-26-12-8-6-10-24(26)29/h5-16,20,27H,4,17-19H2,1-3H3/t27-/m0/s1/i17+2. The fourth-order valence-corrected chi connectivity index (χ4v) is 3.93. The fourth-order valence-electron chi connectivity index (χ4n) is 3.93. The normalized spacial score (nSPS) is 13.0. The van der Waals surface area contributed by atoms with Gasteiger partial charge in [-0.05, 0) is 62.7 Å². The maximum atomic E-state index is 12.3. The first kappa shape index (κ1) is 23.6. The summed E-state index contributed by atoms with van der Waals surface area (Å²) in [4.78, 5) is 14.5. The molecule has 3 aromatic rings. The maximum absolute atomic E-state index is 12.3. The van der Waals surface area contributed by atoms with E-state index in [9.17, 15) is 4.79 Å². The van der Waals surface area contributed by atoms with Gasteiger partial charge in [0.25, 0.3) is 0 Å². The molecule has 0 aliphatic carbocycles. The Labute approximate surface area is 201 Å². The molecule has 0 radical (unpaired) electrons. The van der Waals surface area contributed by atoms with Gasteiger partial charge in [-0.2, -0.15) is 0 Å². The third-order valence-corrected chi connectivity index (χ3v) is 5.44. The Morgan fingerprint density at radius 3 is 2.15 bits per heavy atom. The monoisotopic (exact) mass is 463 g/mol. The highest BCUT2D eigenvalue weighted by Crippen LogP contribution is 2.45. The molecule has 3 aromatic carbocycles. The Morgan fingerprint density at radius 1 is 0.941 bits per heavy atom. The molecule has 0 N–H and O–H groups in total. The number of anilines is 2. The summed E-state index contributed by atoms with van der Waals surface area (Å²) in [6, 6.07) is 23.8. The van der Waals surface area contributed by atoms with Crippen LogP contribution >= 0.6 is 0 Å². The number of nitrogens with zero attached hydrogens (tertiary/aromatic N) is 1. The zero-order valence-corrected chi connectivity index (χ0v) is 19.9. The van der Waals surface area contributed by atoms with Crippen molar-refractivity contribution in [1.29, 1.82) is 0 Å². The Hall–Kier alpha value is -3.51. The van der Waals surface area contributed by atoms with E-state index in [0.29, 0.717) is 26.2 Å². The number of para-hydroxylation sites is 4. The number of fused-ring (bicyclic) bond motifs is 2. The van der Waals surface area contributed by atoms with Crippen LogP contribution in [0.3, 0.4) is 0 Å². The third kappa shape index (κ3) is 5.69. The summed E-state index contributed by atoms with van der Waals surface area (Å²) in [5.41, 5.74) is 3.04. The summed E-state index contributed by atoms with van der Waals surface area (Å²) >= 11 is 0. The number of benzene rings is 3. The highest BCUT2D eigenvalue weighted by atomic mass is 16.6. The van der Waals surface area contributed by atoms with Gasteiger partial charge in [-0.15, -0.1) is 0 Å². The predicted octanol–water partition coefficient (Wildman–Crippen LogP) is 5.91. The molecule has 0 saturated carbocycles. The molecule has 6 nitrogen and oxygen atoms in total. The molecule has 1 heterocycles. The molecule has 4 rings (SSSR count). The van der Waals surface area contributed by atoms with Crippen LogP contribution in [0.1, 0.15) is 26.3 Å². The molecule has 0 aromatic heterocycles. The van der Waals surface area contributed by atoms with Crippen molar-refractivity contribution in [2.45, 2.75) is 39.4 Å². The van der Waals surface area contributed by atoms with Gasteiger partial charge in [-0.1, -0.05) is 36.4 Å². The lowest BCUT2D eigenvalue weighted by molar-refractivity contribution is -0.160. The van der Waals surface area contributed by atoms with Crippen molar-refractivity contribution in [3.63, 3.8) is 0 Å². The molecule has 34 heavy (non-hydrogen) atoms. The van der Waals surface area contributed by atoms with Gasteiger partial charge in [0, 0.05) is 13.0 Å². The molecule has 6 heteroatoms. The van der Waals surface area contributed by atoms with Crippen LogP contribution in [0.5, 0.6) is 17.2 Å². The zero-order valence-electron chi connectivity index (χ0n) is 19.9. The van der Waals surface area contributed by atoms with Crippen molar-refractivity contribution in [2.75, 3.05) is 24.7 Å². The molecule has 0 amide bonds. The van der Waals surface area contributed by atoms with Gasteiger partial charge >= 0.3 is 5.97 Å². The van der Waals surface area contributed by atoms with E-state index < -0.39 is 6.10 Å². The molecule has 0 fully saturated rings. The van der Waals surface area contributed by atoms with E-state index in [4.69, 9.17) is 18.9 Å². The topological polar surface area (TPSA) is 57.2 Å². The van der Waals surface area contributed by atoms with Crippen LogP contribution in [-0.4, -0.2) is 37.9 Å². The van der Waals surface area contributed by atoms with E-state index in [1.54, 1.807) is 0 Å². The lowest BCUT2D eigenvalue weighted by Gasteiger charge is -2.32. The minimum Gasteiger partial charge on any atom is -0.492 e. The van der Waals surface area contributed by atoms with Crippen molar-refractivity contribution < 1.29 is 23.7 Å². The van der Waals surface area contributed by atoms with Crippen LogP contribution in [0, 0.1) is 0 Å². The fraction of sp³-hybridized carbons (Fsp3) is 0.321. The molecule has 0 spiro atoms. The first-order valence-corrected chi connectivity index (χ1v) is 11.7. The number of hydrogen-bond donors (Lipinski definition) is 0. The average Bonchev–Trinajstić information content (AvgIpc) is 2.84. The number of carbonyl (C=O) groups excluding carboxylic acids is 1. The molecule has 0 saturated heterocycles. The lowest BCUT2D eigenvalue weighted by atomic mass is 10.1. The van der Waals surface area contributed by atoms with Gasteiger partial charge in [0.1, 0.15) is 12.4 Å². The van der Waals surface area contributed by atoms with Gasteiger partial charge < -0.3 is 23.8 Å². The molecule has 1 aliphatic heterocycles. The van der Waals surface area contributed by atoms with Crippen LogP contribution < -0.4 is 14.4 Å². The largest absolute Gasteiger partial charge is 0.492 e. The van der Waals surface area contributed by atoms with Gasteiger partial charge in [0.15, 0.2) is 17.6 Å². The first-order chi connectivity index (χ1) is 16.5.